The second-order valence-electron chi connectivity index (χ2n) is 6.41. The van der Waals surface area contributed by atoms with Crippen LogP contribution in [0.5, 0.6) is 0 Å². The molecule has 0 spiro atoms. The summed E-state index contributed by atoms with van der Waals surface area (Å²) in [4.78, 5) is 4.57. The van der Waals surface area contributed by atoms with Gasteiger partial charge in [-0.2, -0.15) is 0 Å². The van der Waals surface area contributed by atoms with Crippen LogP contribution < -0.4 is 4.90 Å². The zero-order valence-electron chi connectivity index (χ0n) is 14.1. The van der Waals surface area contributed by atoms with E-state index >= 15 is 0 Å². The van der Waals surface area contributed by atoms with Crippen LogP contribution in [0.2, 0.25) is 0 Å². The summed E-state index contributed by atoms with van der Waals surface area (Å²) in [6.07, 6.45) is 6.82. The topological polar surface area (TPSA) is 11.4 Å². The number of rotatable bonds is 3. The maximum Gasteiger partial charge on any atom is 0.121 e. The lowest BCUT2D eigenvalue weighted by molar-refractivity contribution is 0.381. The summed E-state index contributed by atoms with van der Waals surface area (Å²) in [7, 11) is 2.12. The first kappa shape index (κ1) is 14.8. The normalized spacial score (nSPS) is 17.8. The smallest absolute Gasteiger partial charge is 0.121 e. The molecule has 0 fully saturated rings. The third-order valence-corrected chi connectivity index (χ3v) is 4.57. The number of para-hydroxylation sites is 1. The molecule has 0 saturated heterocycles. The Hall–Kier alpha value is -2.16. The van der Waals surface area contributed by atoms with Crippen molar-refractivity contribution < 1.29 is 0 Å². The van der Waals surface area contributed by atoms with Crippen LogP contribution in [0.3, 0.4) is 0 Å². The molecule has 0 N–H and O–H groups in total. The monoisotopic (exact) mass is 295 g/mol. The van der Waals surface area contributed by atoms with Gasteiger partial charge in [0.25, 0.3) is 0 Å². The van der Waals surface area contributed by atoms with Gasteiger partial charge in [-0.3, -0.25) is 0 Å². The van der Waals surface area contributed by atoms with E-state index in [1.807, 2.05) is 0 Å². The number of aromatic nitrogens is 1. The van der Waals surface area contributed by atoms with Gasteiger partial charge in [-0.25, -0.2) is 0 Å². The van der Waals surface area contributed by atoms with Gasteiger partial charge in [0.2, 0.25) is 0 Å². The molecule has 1 aliphatic rings. The maximum absolute atomic E-state index is 2.34. The third-order valence-electron chi connectivity index (χ3n) is 4.57. The molecule has 0 saturated carbocycles. The lowest BCUT2D eigenvalue weighted by Gasteiger charge is -2.29. The van der Waals surface area contributed by atoms with Crippen molar-refractivity contribution in [3.8, 4) is 5.69 Å². The van der Waals surface area contributed by atoms with Crippen molar-refractivity contribution in [2.24, 2.45) is 0 Å². The summed E-state index contributed by atoms with van der Waals surface area (Å²) >= 11 is 0. The lowest BCUT2D eigenvalue weighted by atomic mass is 10.0. The van der Waals surface area contributed by atoms with E-state index in [-0.39, 0.29) is 0 Å². The average Bonchev–Trinajstić information content (AvgIpc) is 3.03. The zero-order valence-corrected chi connectivity index (χ0v) is 14.1. The van der Waals surface area contributed by atoms with Crippen LogP contribution in [-0.2, 0) is 0 Å². The van der Waals surface area contributed by atoms with Gasteiger partial charge in [-0.05, 0) is 43.0 Å². The maximum atomic E-state index is 2.34. The van der Waals surface area contributed by atoms with E-state index in [9.17, 15) is 0 Å². The number of benzene rings is 1. The Morgan fingerprint density at radius 3 is 2.41 bits per heavy atom. The van der Waals surface area contributed by atoms with E-state index in [1.54, 1.807) is 0 Å². The summed E-state index contributed by atoms with van der Waals surface area (Å²) in [6.45, 7) is 8.91. The minimum Gasteiger partial charge on any atom is -0.359 e. The van der Waals surface area contributed by atoms with Gasteiger partial charge in [-0.15, -0.1) is 0 Å². The predicted octanol–water partition coefficient (Wildman–Crippen LogP) is 4.48. The average molecular weight is 295 g/mol. The summed E-state index contributed by atoms with van der Waals surface area (Å²) in [5, 5.41) is 0. The standard InChI is InChI=1S/C19H25N3/c1-14(2)17-8-6-7-9-18(17)22-11-10-15(3)19(22)21-13-12-20(5)16(21)4/h6-14,16H,1-5H3/t16-/m0/s1. The molecule has 1 atom stereocenters. The number of anilines is 1. The molecule has 0 unspecified atom stereocenters. The molecule has 2 aromatic rings. The van der Waals surface area contributed by atoms with Crippen molar-refractivity contribution in [1.82, 2.24) is 9.47 Å². The molecule has 1 aliphatic heterocycles. The van der Waals surface area contributed by atoms with E-state index in [4.69, 9.17) is 0 Å². The van der Waals surface area contributed by atoms with Crippen molar-refractivity contribution in [3.63, 3.8) is 0 Å². The minimum atomic E-state index is 0.332. The fourth-order valence-corrected chi connectivity index (χ4v) is 3.11. The molecular weight excluding hydrogens is 270 g/mol. The van der Waals surface area contributed by atoms with Crippen molar-refractivity contribution >= 4 is 5.82 Å². The second kappa shape index (κ2) is 5.56. The molecule has 22 heavy (non-hydrogen) atoms. The number of hydrogen-bond donors (Lipinski definition) is 0. The van der Waals surface area contributed by atoms with E-state index in [0.717, 1.165) is 0 Å². The number of nitrogens with zero attached hydrogens (tertiary/aromatic N) is 3. The minimum absolute atomic E-state index is 0.332. The molecule has 2 heterocycles. The summed E-state index contributed by atoms with van der Waals surface area (Å²) in [5.41, 5.74) is 3.95. The number of hydrogen-bond acceptors (Lipinski definition) is 2. The van der Waals surface area contributed by atoms with Crippen molar-refractivity contribution in [2.75, 3.05) is 11.9 Å². The van der Waals surface area contributed by atoms with Crippen molar-refractivity contribution in [2.45, 2.75) is 39.8 Å². The summed E-state index contributed by atoms with van der Waals surface area (Å²) in [5.74, 6) is 1.75. The quantitative estimate of drug-likeness (QED) is 0.827. The largest absolute Gasteiger partial charge is 0.359 e. The Bertz CT molecular complexity index is 696. The highest BCUT2D eigenvalue weighted by Crippen LogP contribution is 2.33. The molecule has 0 radical (unpaired) electrons. The Labute approximate surface area is 133 Å². The zero-order chi connectivity index (χ0) is 15.9. The third kappa shape index (κ3) is 2.31. The first-order valence-corrected chi connectivity index (χ1v) is 7.96. The van der Waals surface area contributed by atoms with Crippen molar-refractivity contribution in [1.29, 1.82) is 0 Å². The van der Waals surface area contributed by atoms with E-state index in [0.29, 0.717) is 12.1 Å². The van der Waals surface area contributed by atoms with Crippen LogP contribution in [0.25, 0.3) is 5.69 Å². The molecule has 0 amide bonds. The van der Waals surface area contributed by atoms with Gasteiger partial charge in [0, 0.05) is 25.6 Å². The Kier molecular flexibility index (Phi) is 3.73. The lowest BCUT2D eigenvalue weighted by Crippen LogP contribution is -2.34. The summed E-state index contributed by atoms with van der Waals surface area (Å²) in [6, 6.07) is 10.9. The second-order valence-corrected chi connectivity index (χ2v) is 6.41. The van der Waals surface area contributed by atoms with Crippen LogP contribution in [0.1, 0.15) is 37.8 Å². The Balaban J connectivity index is 2.13. The highest BCUT2D eigenvalue weighted by Gasteiger charge is 2.25. The Morgan fingerprint density at radius 1 is 1.05 bits per heavy atom. The first-order valence-electron chi connectivity index (χ1n) is 7.96. The molecule has 3 nitrogen and oxygen atoms in total. The first-order chi connectivity index (χ1) is 10.5. The van der Waals surface area contributed by atoms with Gasteiger partial charge >= 0.3 is 0 Å². The number of aryl methyl sites for hydroxylation is 1. The van der Waals surface area contributed by atoms with Gasteiger partial charge in [0.1, 0.15) is 12.0 Å². The highest BCUT2D eigenvalue weighted by molar-refractivity contribution is 5.60. The van der Waals surface area contributed by atoms with Gasteiger partial charge in [0.05, 0.1) is 5.69 Å². The Morgan fingerprint density at radius 2 is 1.77 bits per heavy atom. The van der Waals surface area contributed by atoms with E-state index < -0.39 is 0 Å². The molecule has 3 heteroatoms. The molecular formula is C19H25N3. The predicted molar refractivity (Wildman–Crippen MR) is 93.4 cm³/mol. The van der Waals surface area contributed by atoms with Crippen LogP contribution in [0, 0.1) is 6.92 Å². The SMILES string of the molecule is Cc1ccn(-c2ccccc2C(C)C)c1N1C=CN(C)[C@@H]1C. The van der Waals surface area contributed by atoms with E-state index in [1.165, 1.54) is 22.6 Å². The molecule has 0 bridgehead atoms. The fourth-order valence-electron chi connectivity index (χ4n) is 3.11. The van der Waals surface area contributed by atoms with Gasteiger partial charge < -0.3 is 14.4 Å². The van der Waals surface area contributed by atoms with Crippen LogP contribution in [0.4, 0.5) is 5.82 Å². The molecule has 0 aliphatic carbocycles. The van der Waals surface area contributed by atoms with Crippen molar-refractivity contribution in [3.05, 3.63) is 60.1 Å². The molecule has 1 aromatic carbocycles. The molecule has 3 rings (SSSR count). The van der Waals surface area contributed by atoms with Gasteiger partial charge in [-0.1, -0.05) is 32.0 Å². The van der Waals surface area contributed by atoms with Gasteiger partial charge in [0.15, 0.2) is 0 Å². The molecule has 1 aromatic heterocycles. The van der Waals surface area contributed by atoms with Crippen LogP contribution in [-0.4, -0.2) is 22.7 Å². The summed E-state index contributed by atoms with van der Waals surface area (Å²) < 4.78 is 2.32. The molecule has 116 valence electrons. The van der Waals surface area contributed by atoms with Crippen LogP contribution >= 0.6 is 0 Å². The van der Waals surface area contributed by atoms with E-state index in [2.05, 4.69) is 98.0 Å². The van der Waals surface area contributed by atoms with Crippen LogP contribution in [0.15, 0.2) is 48.9 Å². The fraction of sp³-hybridized carbons (Fsp3) is 0.368. The highest BCUT2D eigenvalue weighted by atomic mass is 15.4.